The minimum absolute atomic E-state index is 0.0190. The van der Waals surface area contributed by atoms with Gasteiger partial charge in [0.2, 0.25) is 5.91 Å². The molecule has 0 fully saturated rings. The average molecular weight is 307 g/mol. The highest BCUT2D eigenvalue weighted by molar-refractivity contribution is 5.93. The zero-order chi connectivity index (χ0) is 15.6. The molecule has 1 aromatic heterocycles. The van der Waals surface area contributed by atoms with Crippen LogP contribution in [0, 0.1) is 0 Å². The van der Waals surface area contributed by atoms with Crippen molar-refractivity contribution in [2.24, 2.45) is 0 Å². The number of carbonyl (C=O) groups is 1. The number of nitrogens with one attached hydrogen (secondary N) is 2. The molecule has 2 aromatic carbocycles. The Morgan fingerprint density at radius 2 is 2.22 bits per heavy atom. The van der Waals surface area contributed by atoms with Crippen LogP contribution in [0.25, 0.3) is 10.9 Å². The minimum atomic E-state index is 0.0190. The highest BCUT2D eigenvalue weighted by atomic mass is 16.5. The van der Waals surface area contributed by atoms with Crippen LogP contribution in [0.3, 0.4) is 0 Å². The number of H-pyrrole nitrogens is 1. The number of aromatic nitrogens is 2. The van der Waals surface area contributed by atoms with Gasteiger partial charge in [0.15, 0.2) is 0 Å². The fraction of sp³-hybridized carbons (Fsp3) is 0.222. The number of aromatic amines is 1. The summed E-state index contributed by atoms with van der Waals surface area (Å²) in [7, 11) is 0. The van der Waals surface area contributed by atoms with Crippen molar-refractivity contribution in [1.82, 2.24) is 10.2 Å². The summed E-state index contributed by atoms with van der Waals surface area (Å²) in [4.78, 5) is 12.4. The molecule has 1 unspecified atom stereocenters. The molecule has 1 aliphatic rings. The minimum Gasteiger partial charge on any atom is -0.493 e. The Morgan fingerprint density at radius 1 is 1.30 bits per heavy atom. The van der Waals surface area contributed by atoms with Crippen LogP contribution in [0.15, 0.2) is 48.7 Å². The highest BCUT2D eigenvalue weighted by Gasteiger charge is 2.23. The SMILES string of the molecule is O=C(CC1CCOc2ccccc21)Nc1ccc2cn[nH]c2c1. The number of benzene rings is 2. The standard InChI is InChI=1S/C18H17N3O2/c22-18(20-14-6-5-13-11-19-21-16(13)10-14)9-12-7-8-23-17-4-2-1-3-15(12)17/h1-6,10-12H,7-9H2,(H,19,21)(H,20,22). The Balaban J connectivity index is 1.48. The van der Waals surface area contributed by atoms with E-state index in [1.807, 2.05) is 42.5 Å². The Hall–Kier alpha value is -2.82. The topological polar surface area (TPSA) is 67.0 Å². The van der Waals surface area contributed by atoms with E-state index < -0.39 is 0 Å². The third kappa shape index (κ3) is 2.77. The summed E-state index contributed by atoms with van der Waals surface area (Å²) >= 11 is 0. The molecule has 1 amide bonds. The summed E-state index contributed by atoms with van der Waals surface area (Å²) < 4.78 is 5.65. The summed E-state index contributed by atoms with van der Waals surface area (Å²) in [6, 6.07) is 13.7. The predicted octanol–water partition coefficient (Wildman–Crippen LogP) is 3.46. The van der Waals surface area contributed by atoms with Gasteiger partial charge in [-0.3, -0.25) is 9.89 Å². The maximum Gasteiger partial charge on any atom is 0.224 e. The molecule has 5 heteroatoms. The number of hydrogen-bond donors (Lipinski definition) is 2. The van der Waals surface area contributed by atoms with Gasteiger partial charge in [-0.1, -0.05) is 18.2 Å². The lowest BCUT2D eigenvalue weighted by Crippen LogP contribution is -2.20. The summed E-state index contributed by atoms with van der Waals surface area (Å²) in [6.07, 6.45) is 3.09. The fourth-order valence-corrected chi connectivity index (χ4v) is 3.08. The first-order valence-corrected chi connectivity index (χ1v) is 7.74. The number of amides is 1. The van der Waals surface area contributed by atoms with Gasteiger partial charge in [-0.2, -0.15) is 5.10 Å². The second-order valence-corrected chi connectivity index (χ2v) is 5.80. The Bertz CT molecular complexity index is 856. The zero-order valence-electron chi connectivity index (χ0n) is 12.6. The van der Waals surface area contributed by atoms with Crippen molar-refractivity contribution in [1.29, 1.82) is 0 Å². The molecular formula is C18H17N3O2. The van der Waals surface area contributed by atoms with Crippen LogP contribution in [-0.2, 0) is 4.79 Å². The van der Waals surface area contributed by atoms with Crippen LogP contribution in [0.4, 0.5) is 5.69 Å². The van der Waals surface area contributed by atoms with E-state index in [1.165, 1.54) is 0 Å². The van der Waals surface area contributed by atoms with Gasteiger partial charge >= 0.3 is 0 Å². The number of ether oxygens (including phenoxy) is 1. The molecule has 1 atom stereocenters. The predicted molar refractivity (Wildman–Crippen MR) is 88.6 cm³/mol. The molecule has 0 saturated carbocycles. The number of nitrogens with zero attached hydrogens (tertiary/aromatic N) is 1. The summed E-state index contributed by atoms with van der Waals surface area (Å²) in [5.74, 6) is 1.12. The fourth-order valence-electron chi connectivity index (χ4n) is 3.08. The molecule has 23 heavy (non-hydrogen) atoms. The van der Waals surface area contributed by atoms with Gasteiger partial charge in [-0.05, 0) is 42.2 Å². The number of hydrogen-bond acceptors (Lipinski definition) is 3. The molecule has 0 aliphatic carbocycles. The summed E-state index contributed by atoms with van der Waals surface area (Å²) in [6.45, 7) is 0.662. The number of rotatable bonds is 3. The summed E-state index contributed by atoms with van der Waals surface area (Å²) in [5, 5.41) is 10.9. The van der Waals surface area contributed by atoms with Crippen molar-refractivity contribution >= 4 is 22.5 Å². The molecule has 0 radical (unpaired) electrons. The largest absolute Gasteiger partial charge is 0.493 e. The quantitative estimate of drug-likeness (QED) is 0.778. The number of para-hydroxylation sites is 1. The first kappa shape index (κ1) is 13.8. The van der Waals surface area contributed by atoms with E-state index >= 15 is 0 Å². The van der Waals surface area contributed by atoms with Gasteiger partial charge in [0.25, 0.3) is 0 Å². The normalized spacial score (nSPS) is 16.6. The van der Waals surface area contributed by atoms with Crippen molar-refractivity contribution < 1.29 is 9.53 Å². The second-order valence-electron chi connectivity index (χ2n) is 5.80. The third-order valence-electron chi connectivity index (χ3n) is 4.24. The van der Waals surface area contributed by atoms with Gasteiger partial charge in [0.1, 0.15) is 5.75 Å². The Morgan fingerprint density at radius 3 is 3.17 bits per heavy atom. The van der Waals surface area contributed by atoms with Crippen LogP contribution >= 0.6 is 0 Å². The van der Waals surface area contributed by atoms with Gasteiger partial charge in [0.05, 0.1) is 18.3 Å². The molecule has 2 heterocycles. The van der Waals surface area contributed by atoms with Crippen molar-refractivity contribution in [3.05, 3.63) is 54.2 Å². The molecule has 116 valence electrons. The van der Waals surface area contributed by atoms with Crippen molar-refractivity contribution in [3.8, 4) is 5.75 Å². The molecule has 2 N–H and O–H groups in total. The molecule has 1 aliphatic heterocycles. The van der Waals surface area contributed by atoms with E-state index in [1.54, 1.807) is 6.20 Å². The van der Waals surface area contributed by atoms with E-state index in [2.05, 4.69) is 15.5 Å². The number of fused-ring (bicyclic) bond motifs is 2. The Labute approximate surface area is 133 Å². The summed E-state index contributed by atoms with van der Waals surface area (Å²) in [5.41, 5.74) is 2.82. The van der Waals surface area contributed by atoms with Crippen molar-refractivity contribution in [2.75, 3.05) is 11.9 Å². The van der Waals surface area contributed by atoms with Crippen LogP contribution in [0.1, 0.15) is 24.3 Å². The van der Waals surface area contributed by atoms with Crippen molar-refractivity contribution in [2.45, 2.75) is 18.8 Å². The van der Waals surface area contributed by atoms with Crippen LogP contribution < -0.4 is 10.1 Å². The smallest absolute Gasteiger partial charge is 0.224 e. The lowest BCUT2D eigenvalue weighted by Gasteiger charge is -2.25. The molecule has 0 bridgehead atoms. The van der Waals surface area contributed by atoms with Crippen molar-refractivity contribution in [3.63, 3.8) is 0 Å². The molecule has 3 aromatic rings. The van der Waals surface area contributed by atoms with E-state index in [-0.39, 0.29) is 11.8 Å². The van der Waals surface area contributed by atoms with E-state index in [0.717, 1.165) is 34.3 Å². The lowest BCUT2D eigenvalue weighted by atomic mass is 9.90. The molecule has 0 saturated heterocycles. The van der Waals surface area contributed by atoms with Crippen LogP contribution in [0.5, 0.6) is 5.75 Å². The third-order valence-corrected chi connectivity index (χ3v) is 4.24. The van der Waals surface area contributed by atoms with Gasteiger partial charge in [0, 0.05) is 17.5 Å². The van der Waals surface area contributed by atoms with Gasteiger partial charge in [-0.15, -0.1) is 0 Å². The Kier molecular flexibility index (Phi) is 3.46. The number of anilines is 1. The first-order chi connectivity index (χ1) is 11.3. The highest BCUT2D eigenvalue weighted by Crippen LogP contribution is 2.35. The van der Waals surface area contributed by atoms with Crippen LogP contribution in [-0.4, -0.2) is 22.7 Å². The average Bonchev–Trinajstić information content (AvgIpc) is 3.03. The molecule has 0 spiro atoms. The molecular weight excluding hydrogens is 290 g/mol. The van der Waals surface area contributed by atoms with Gasteiger partial charge in [-0.25, -0.2) is 0 Å². The van der Waals surface area contributed by atoms with E-state index in [9.17, 15) is 4.79 Å². The maximum absolute atomic E-state index is 12.4. The second kappa shape index (κ2) is 5.76. The lowest BCUT2D eigenvalue weighted by molar-refractivity contribution is -0.116. The zero-order valence-corrected chi connectivity index (χ0v) is 12.6. The van der Waals surface area contributed by atoms with Gasteiger partial charge < -0.3 is 10.1 Å². The maximum atomic E-state index is 12.4. The molecule has 5 nitrogen and oxygen atoms in total. The molecule has 4 rings (SSSR count). The van der Waals surface area contributed by atoms with E-state index in [0.29, 0.717) is 13.0 Å². The first-order valence-electron chi connectivity index (χ1n) is 7.74. The number of carbonyl (C=O) groups excluding carboxylic acids is 1. The van der Waals surface area contributed by atoms with E-state index in [4.69, 9.17) is 4.74 Å². The monoisotopic (exact) mass is 307 g/mol. The van der Waals surface area contributed by atoms with Crippen LogP contribution in [0.2, 0.25) is 0 Å².